The first-order chi connectivity index (χ1) is 8.94. The standard InChI is InChI=1S/C18H33N/c1-7-10-13-18(9-3,14-11-12-15-19)17(6,8-2)16(4)5/h7,10,15,19H,4,8-9,11-14H2,1-3,5-6H3/b10-7+,19-15?. The van der Waals surface area contributed by atoms with Crippen LogP contribution in [0.3, 0.4) is 0 Å². The molecule has 0 aliphatic heterocycles. The van der Waals surface area contributed by atoms with Crippen LogP contribution in [0.4, 0.5) is 0 Å². The zero-order valence-corrected chi connectivity index (χ0v) is 13.7. The van der Waals surface area contributed by atoms with Crippen LogP contribution in [0.25, 0.3) is 0 Å². The fourth-order valence-corrected chi connectivity index (χ4v) is 3.33. The van der Waals surface area contributed by atoms with Gasteiger partial charge in [0.25, 0.3) is 0 Å². The minimum atomic E-state index is 0.184. The molecule has 0 bridgehead atoms. The Hall–Kier alpha value is -0.850. The van der Waals surface area contributed by atoms with Crippen LogP contribution < -0.4 is 0 Å². The predicted molar refractivity (Wildman–Crippen MR) is 88.0 cm³/mol. The molecule has 2 unspecified atom stereocenters. The molecule has 0 fully saturated rings. The Bertz CT molecular complexity index is 316. The monoisotopic (exact) mass is 263 g/mol. The fraction of sp³-hybridized carbons (Fsp3) is 0.722. The maximum absolute atomic E-state index is 7.23. The highest BCUT2D eigenvalue weighted by Gasteiger charge is 2.44. The first-order valence-corrected chi connectivity index (χ1v) is 7.70. The third-order valence-electron chi connectivity index (χ3n) is 5.24. The maximum Gasteiger partial charge on any atom is -0.00477 e. The van der Waals surface area contributed by atoms with Gasteiger partial charge in [0.15, 0.2) is 0 Å². The second-order valence-electron chi connectivity index (χ2n) is 5.97. The Morgan fingerprint density at radius 1 is 1.26 bits per heavy atom. The molecule has 0 radical (unpaired) electrons. The lowest BCUT2D eigenvalue weighted by atomic mass is 9.55. The van der Waals surface area contributed by atoms with Crippen molar-refractivity contribution in [3.05, 3.63) is 24.3 Å². The summed E-state index contributed by atoms with van der Waals surface area (Å²) in [7, 11) is 0. The SMILES string of the molecule is C=C(C)C(C)(CC)C(CC)(C/C=C/C)CCCC=N. The molecular weight excluding hydrogens is 230 g/mol. The van der Waals surface area contributed by atoms with E-state index in [2.05, 4.69) is 53.3 Å². The zero-order valence-electron chi connectivity index (χ0n) is 13.7. The van der Waals surface area contributed by atoms with Crippen molar-refractivity contribution < 1.29 is 0 Å². The molecule has 0 spiro atoms. The Labute approximate surface area is 120 Å². The molecular formula is C18H33N. The number of hydrogen-bond acceptors (Lipinski definition) is 1. The molecule has 0 aromatic heterocycles. The molecule has 0 amide bonds. The van der Waals surface area contributed by atoms with Gasteiger partial charge in [-0.25, -0.2) is 0 Å². The lowest BCUT2D eigenvalue weighted by molar-refractivity contribution is 0.0651. The molecule has 2 atom stereocenters. The lowest BCUT2D eigenvalue weighted by Crippen LogP contribution is -2.40. The fourth-order valence-electron chi connectivity index (χ4n) is 3.33. The van der Waals surface area contributed by atoms with Gasteiger partial charge in [0.05, 0.1) is 0 Å². The van der Waals surface area contributed by atoms with Gasteiger partial charge >= 0.3 is 0 Å². The number of unbranched alkanes of at least 4 members (excludes halogenated alkanes) is 1. The normalized spacial score (nSPS) is 17.9. The summed E-state index contributed by atoms with van der Waals surface area (Å²) in [6, 6.07) is 0. The average molecular weight is 263 g/mol. The molecule has 0 aromatic rings. The third kappa shape index (κ3) is 4.06. The predicted octanol–water partition coefficient (Wildman–Crippen LogP) is 6.16. The van der Waals surface area contributed by atoms with E-state index < -0.39 is 0 Å². The second kappa shape index (κ2) is 8.35. The molecule has 0 aliphatic rings. The maximum atomic E-state index is 7.23. The van der Waals surface area contributed by atoms with Crippen molar-refractivity contribution in [3.63, 3.8) is 0 Å². The van der Waals surface area contributed by atoms with Crippen molar-refractivity contribution in [2.24, 2.45) is 10.8 Å². The lowest BCUT2D eigenvalue weighted by Gasteiger charge is -2.49. The Balaban J connectivity index is 5.40. The van der Waals surface area contributed by atoms with Gasteiger partial charge in [-0.1, -0.05) is 45.1 Å². The third-order valence-corrected chi connectivity index (χ3v) is 5.24. The Morgan fingerprint density at radius 2 is 1.89 bits per heavy atom. The van der Waals surface area contributed by atoms with Crippen molar-refractivity contribution in [1.82, 2.24) is 0 Å². The molecule has 1 N–H and O–H groups in total. The smallest absolute Gasteiger partial charge is 0.00477 e. The van der Waals surface area contributed by atoms with Crippen LogP contribution in [0.1, 0.15) is 73.1 Å². The van der Waals surface area contributed by atoms with Crippen LogP contribution in [0.15, 0.2) is 24.3 Å². The molecule has 0 saturated heterocycles. The number of nitrogens with one attached hydrogen (secondary N) is 1. The summed E-state index contributed by atoms with van der Waals surface area (Å²) in [6.45, 7) is 15.5. The molecule has 1 heteroatoms. The highest BCUT2D eigenvalue weighted by molar-refractivity contribution is 5.52. The highest BCUT2D eigenvalue weighted by atomic mass is 14.5. The molecule has 0 heterocycles. The summed E-state index contributed by atoms with van der Waals surface area (Å²) in [5.74, 6) is 0. The van der Waals surface area contributed by atoms with E-state index in [9.17, 15) is 0 Å². The van der Waals surface area contributed by atoms with Crippen molar-refractivity contribution in [1.29, 1.82) is 5.41 Å². The summed E-state index contributed by atoms with van der Waals surface area (Å²) in [6.07, 6.45) is 12.6. The van der Waals surface area contributed by atoms with E-state index in [1.807, 2.05) is 0 Å². The van der Waals surface area contributed by atoms with Gasteiger partial charge in [-0.15, -0.1) is 0 Å². The van der Waals surface area contributed by atoms with Gasteiger partial charge in [-0.05, 0) is 69.4 Å². The van der Waals surface area contributed by atoms with Gasteiger partial charge in [-0.2, -0.15) is 0 Å². The molecule has 0 rings (SSSR count). The van der Waals surface area contributed by atoms with Gasteiger partial charge in [0, 0.05) is 0 Å². The minimum absolute atomic E-state index is 0.184. The van der Waals surface area contributed by atoms with Crippen LogP contribution in [0.5, 0.6) is 0 Å². The molecule has 0 aromatic carbocycles. The molecule has 0 saturated carbocycles. The van der Waals surface area contributed by atoms with Gasteiger partial charge in [-0.3, -0.25) is 0 Å². The van der Waals surface area contributed by atoms with Crippen molar-refractivity contribution in [3.8, 4) is 0 Å². The first kappa shape index (κ1) is 18.1. The average Bonchev–Trinajstić information content (AvgIpc) is 2.41. The highest BCUT2D eigenvalue weighted by Crippen LogP contribution is 2.54. The number of rotatable bonds is 10. The van der Waals surface area contributed by atoms with E-state index in [1.54, 1.807) is 6.21 Å². The number of allylic oxidation sites excluding steroid dienone is 3. The van der Waals surface area contributed by atoms with E-state index in [0.29, 0.717) is 0 Å². The summed E-state index contributed by atoms with van der Waals surface area (Å²) in [4.78, 5) is 0. The minimum Gasteiger partial charge on any atom is -0.313 e. The van der Waals surface area contributed by atoms with Crippen LogP contribution in [0.2, 0.25) is 0 Å². The largest absolute Gasteiger partial charge is 0.313 e. The van der Waals surface area contributed by atoms with Crippen molar-refractivity contribution in [2.45, 2.75) is 73.1 Å². The summed E-state index contributed by atoms with van der Waals surface area (Å²) in [5, 5.41) is 7.23. The molecule has 110 valence electrons. The van der Waals surface area contributed by atoms with Crippen molar-refractivity contribution in [2.75, 3.05) is 0 Å². The van der Waals surface area contributed by atoms with Crippen LogP contribution in [-0.2, 0) is 0 Å². The van der Waals surface area contributed by atoms with E-state index in [-0.39, 0.29) is 10.8 Å². The Kier molecular flexibility index (Phi) is 7.97. The first-order valence-electron chi connectivity index (χ1n) is 7.70. The van der Waals surface area contributed by atoms with E-state index in [4.69, 9.17) is 5.41 Å². The van der Waals surface area contributed by atoms with Crippen LogP contribution >= 0.6 is 0 Å². The van der Waals surface area contributed by atoms with Crippen LogP contribution in [0, 0.1) is 16.2 Å². The molecule has 0 aliphatic carbocycles. The summed E-state index contributed by atoms with van der Waals surface area (Å²) >= 11 is 0. The molecule has 1 nitrogen and oxygen atoms in total. The van der Waals surface area contributed by atoms with Gasteiger partial charge < -0.3 is 5.41 Å². The van der Waals surface area contributed by atoms with Gasteiger partial charge in [0.2, 0.25) is 0 Å². The van der Waals surface area contributed by atoms with Crippen molar-refractivity contribution >= 4 is 6.21 Å². The quantitative estimate of drug-likeness (QED) is 0.277. The summed E-state index contributed by atoms with van der Waals surface area (Å²) < 4.78 is 0. The van der Waals surface area contributed by atoms with E-state index in [1.165, 1.54) is 18.4 Å². The Morgan fingerprint density at radius 3 is 2.26 bits per heavy atom. The molecule has 19 heavy (non-hydrogen) atoms. The number of hydrogen-bond donors (Lipinski definition) is 1. The van der Waals surface area contributed by atoms with E-state index >= 15 is 0 Å². The van der Waals surface area contributed by atoms with E-state index in [0.717, 1.165) is 25.7 Å². The summed E-state index contributed by atoms with van der Waals surface area (Å²) in [5.41, 5.74) is 1.77. The second-order valence-corrected chi connectivity index (χ2v) is 5.97. The van der Waals surface area contributed by atoms with Crippen LogP contribution in [-0.4, -0.2) is 6.21 Å². The zero-order chi connectivity index (χ0) is 14.9. The topological polar surface area (TPSA) is 23.9 Å². The van der Waals surface area contributed by atoms with Gasteiger partial charge in [0.1, 0.15) is 0 Å².